The van der Waals surface area contributed by atoms with E-state index in [0.717, 1.165) is 31.9 Å². The van der Waals surface area contributed by atoms with E-state index in [1.807, 2.05) is 0 Å². The molecule has 328 valence electrons. The van der Waals surface area contributed by atoms with E-state index >= 15 is 0 Å². The molecule has 1 aliphatic heterocycles. The van der Waals surface area contributed by atoms with Gasteiger partial charge in [-0.2, -0.15) is 0 Å². The molecule has 63 heavy (non-hydrogen) atoms. The minimum absolute atomic E-state index is 0.221. The highest BCUT2D eigenvalue weighted by Gasteiger charge is 2.45. The predicted molar refractivity (Wildman–Crippen MR) is 241 cm³/mol. The van der Waals surface area contributed by atoms with Crippen molar-refractivity contribution in [1.29, 1.82) is 0 Å². The SMILES string of the molecule is CC#CC#CC#CC#CC#CC#CC#CC#CC#CC#CC#CC#CC(=O)N[C@@H](CO[C@H]1OC(CS(C)(=O)=O)[C@H](O)[C@H](O)C1O)[C@H](O)[C@H](O)CCCCCCCCCCCCCC. The van der Waals surface area contributed by atoms with E-state index < -0.39 is 77.1 Å². The van der Waals surface area contributed by atoms with Crippen molar-refractivity contribution in [2.45, 2.75) is 146 Å². The van der Waals surface area contributed by atoms with Crippen LogP contribution in [0.1, 0.15) is 97.3 Å². The Labute approximate surface area is 375 Å². The largest absolute Gasteiger partial charge is 0.390 e. The van der Waals surface area contributed by atoms with E-state index in [-0.39, 0.29) is 6.42 Å². The van der Waals surface area contributed by atoms with Crippen molar-refractivity contribution in [2.24, 2.45) is 0 Å². The zero-order chi connectivity index (χ0) is 46.4. The molecule has 8 atom stereocenters. The Hall–Kier alpha value is -6.14. The number of rotatable bonds is 21. The van der Waals surface area contributed by atoms with E-state index in [9.17, 15) is 38.7 Å². The van der Waals surface area contributed by atoms with Crippen LogP contribution in [-0.4, -0.2) is 107 Å². The van der Waals surface area contributed by atoms with Crippen LogP contribution in [0, 0.1) is 142 Å². The van der Waals surface area contributed by atoms with Crippen LogP contribution in [0.15, 0.2) is 0 Å². The molecule has 0 spiro atoms. The van der Waals surface area contributed by atoms with Crippen molar-refractivity contribution < 1.29 is 48.2 Å². The molecule has 0 aromatic rings. The average molecular weight is 872 g/mol. The van der Waals surface area contributed by atoms with Gasteiger partial charge in [-0.3, -0.25) is 4.79 Å². The Balaban J connectivity index is 2.83. The molecular formula is C51H53NO10S. The zero-order valence-corrected chi connectivity index (χ0v) is 36.7. The van der Waals surface area contributed by atoms with E-state index in [2.05, 4.69) is 154 Å². The van der Waals surface area contributed by atoms with Crippen molar-refractivity contribution in [2.75, 3.05) is 18.6 Å². The lowest BCUT2D eigenvalue weighted by molar-refractivity contribution is -0.294. The summed E-state index contributed by atoms with van der Waals surface area (Å²) in [5.74, 6) is 57.5. The number of carbonyl (C=O) groups excluding carboxylic acids is 1. The zero-order valence-electron chi connectivity index (χ0n) is 35.9. The molecule has 0 aromatic heterocycles. The Morgan fingerprint density at radius 3 is 1.41 bits per heavy atom. The van der Waals surface area contributed by atoms with E-state index in [1.165, 1.54) is 44.9 Å². The van der Waals surface area contributed by atoms with Gasteiger partial charge in [0.25, 0.3) is 5.91 Å². The van der Waals surface area contributed by atoms with Gasteiger partial charge in [-0.25, -0.2) is 8.42 Å². The standard InChI is InChI=1S/C51H53NO10S/c1-4-6-8-10-12-14-16-18-19-20-21-22-23-24-25-26-27-28-30-32-34-36-38-40-46(54)52-43(41-61-51-50(58)49(57)48(56)45(62-51)42-63(3,59)60)47(55)44(53)39-37-35-33-31-29-17-15-13-11-9-7-5-2/h43-45,47-51,53,55-58H,5,7,9,11,13,15,17,29,31,33,35,37,39,41-42H2,1-3H3,(H,52,54)/t43-,44+,45?,47-,48-,49-,50?,51-/m0/s1. The fourth-order valence-corrected chi connectivity index (χ4v) is 6.40. The summed E-state index contributed by atoms with van der Waals surface area (Å²) >= 11 is 0. The number of sulfone groups is 1. The summed E-state index contributed by atoms with van der Waals surface area (Å²) in [5.41, 5.74) is 0. The maximum Gasteiger partial charge on any atom is 0.297 e. The van der Waals surface area contributed by atoms with Crippen molar-refractivity contribution in [1.82, 2.24) is 5.32 Å². The van der Waals surface area contributed by atoms with Crippen molar-refractivity contribution in [3.8, 4) is 142 Å². The number of amides is 1. The third-order valence-electron chi connectivity index (χ3n) is 8.67. The van der Waals surface area contributed by atoms with Crippen LogP contribution in [0.5, 0.6) is 0 Å². The third kappa shape index (κ3) is 28.9. The highest BCUT2D eigenvalue weighted by Crippen LogP contribution is 2.24. The molecule has 2 unspecified atom stereocenters. The molecule has 0 radical (unpaired) electrons. The average Bonchev–Trinajstić information content (AvgIpc) is 3.25. The van der Waals surface area contributed by atoms with Crippen LogP contribution in [0.2, 0.25) is 0 Å². The van der Waals surface area contributed by atoms with Crippen LogP contribution in [0.3, 0.4) is 0 Å². The molecule has 12 heteroatoms. The van der Waals surface area contributed by atoms with Crippen LogP contribution >= 0.6 is 0 Å². The molecule has 0 aromatic carbocycles. The molecule has 0 saturated carbocycles. The molecule has 1 amide bonds. The molecular weight excluding hydrogens is 819 g/mol. The monoisotopic (exact) mass is 871 g/mol. The Morgan fingerprint density at radius 1 is 0.603 bits per heavy atom. The van der Waals surface area contributed by atoms with Crippen molar-refractivity contribution in [3.05, 3.63) is 0 Å². The van der Waals surface area contributed by atoms with Gasteiger partial charge < -0.3 is 40.3 Å². The molecule has 1 saturated heterocycles. The lowest BCUT2D eigenvalue weighted by atomic mass is 9.98. The minimum atomic E-state index is -3.68. The molecule has 1 rings (SSSR count). The molecule has 1 heterocycles. The second kappa shape index (κ2) is 35.5. The van der Waals surface area contributed by atoms with E-state index in [4.69, 9.17) is 9.47 Å². The van der Waals surface area contributed by atoms with Gasteiger partial charge in [0.15, 0.2) is 6.29 Å². The number of hydrogen-bond donors (Lipinski definition) is 6. The first kappa shape index (κ1) is 54.9. The first-order valence-corrected chi connectivity index (χ1v) is 22.6. The van der Waals surface area contributed by atoms with Gasteiger partial charge in [-0.05, 0) is 108 Å². The molecule has 1 aliphatic rings. The normalized spacial score (nSPS) is 17.7. The molecule has 6 N–H and O–H groups in total. The quantitative estimate of drug-likeness (QED) is 0.0725. The van der Waals surface area contributed by atoms with Gasteiger partial charge in [-0.15, -0.1) is 0 Å². The third-order valence-corrected chi connectivity index (χ3v) is 9.60. The second-order valence-corrected chi connectivity index (χ2v) is 16.1. The van der Waals surface area contributed by atoms with Crippen LogP contribution < -0.4 is 5.32 Å². The number of aliphatic hydroxyl groups excluding tert-OH is 5. The lowest BCUT2D eigenvalue weighted by Crippen LogP contribution is -2.60. The summed E-state index contributed by atoms with van der Waals surface area (Å²) in [4.78, 5) is 12.8. The van der Waals surface area contributed by atoms with Crippen LogP contribution in [0.4, 0.5) is 0 Å². The van der Waals surface area contributed by atoms with Gasteiger partial charge in [0.1, 0.15) is 40.4 Å². The number of aliphatic hydroxyl groups is 5. The van der Waals surface area contributed by atoms with Crippen molar-refractivity contribution in [3.63, 3.8) is 0 Å². The maximum atomic E-state index is 12.8. The first-order chi connectivity index (χ1) is 30.4. The Kier molecular flexibility index (Phi) is 30.9. The Bertz CT molecular complexity index is 2390. The number of ether oxygens (including phenoxy) is 2. The second-order valence-electron chi connectivity index (χ2n) is 13.9. The number of carbonyl (C=O) groups is 1. The summed E-state index contributed by atoms with van der Waals surface area (Å²) in [6, 6.07) is -1.30. The maximum absolute atomic E-state index is 12.8. The molecule has 11 nitrogen and oxygen atoms in total. The Morgan fingerprint density at radius 2 is 1.00 bits per heavy atom. The summed E-state index contributed by atoms with van der Waals surface area (Å²) in [6.07, 6.45) is 3.30. The van der Waals surface area contributed by atoms with Crippen molar-refractivity contribution >= 4 is 15.7 Å². The lowest BCUT2D eigenvalue weighted by Gasteiger charge is -2.40. The highest BCUT2D eigenvalue weighted by molar-refractivity contribution is 7.90. The van der Waals surface area contributed by atoms with Gasteiger partial charge >= 0.3 is 0 Å². The van der Waals surface area contributed by atoms with Gasteiger partial charge in [0.05, 0.1) is 24.5 Å². The van der Waals surface area contributed by atoms with Crippen LogP contribution in [-0.2, 0) is 24.1 Å². The van der Waals surface area contributed by atoms with Gasteiger partial charge in [0, 0.05) is 47.7 Å². The fraction of sp³-hybridized carbons (Fsp3) is 0.510. The van der Waals surface area contributed by atoms with Gasteiger partial charge in [0.2, 0.25) is 0 Å². The summed E-state index contributed by atoms with van der Waals surface area (Å²) in [7, 11) is -3.68. The van der Waals surface area contributed by atoms with E-state index in [1.54, 1.807) is 6.92 Å². The molecule has 1 fully saturated rings. The summed E-state index contributed by atoms with van der Waals surface area (Å²) in [5, 5.41) is 55.5. The smallest absolute Gasteiger partial charge is 0.297 e. The first-order valence-electron chi connectivity index (χ1n) is 20.5. The van der Waals surface area contributed by atoms with Crippen LogP contribution in [0.25, 0.3) is 0 Å². The fourth-order valence-electron chi connectivity index (χ4n) is 5.53. The molecule has 0 aliphatic carbocycles. The minimum Gasteiger partial charge on any atom is -0.390 e. The van der Waals surface area contributed by atoms with Gasteiger partial charge in [-0.1, -0.05) is 89.9 Å². The summed E-state index contributed by atoms with van der Waals surface area (Å²) < 4.78 is 34.8. The number of nitrogens with one attached hydrogen (secondary N) is 1. The van der Waals surface area contributed by atoms with E-state index in [0.29, 0.717) is 6.42 Å². The summed E-state index contributed by atoms with van der Waals surface area (Å²) in [6.45, 7) is 3.31. The molecule has 0 bridgehead atoms. The highest BCUT2D eigenvalue weighted by atomic mass is 32.2. The number of unbranched alkanes of at least 4 members (excludes halogenated alkanes) is 11. The number of hydrogen-bond acceptors (Lipinski definition) is 10. The predicted octanol–water partition coefficient (Wildman–Crippen LogP) is 1.21. The topological polar surface area (TPSA) is 183 Å².